The molecule has 1 unspecified atom stereocenters. The largest absolute Gasteiger partial charge is 0.497 e. The van der Waals surface area contributed by atoms with Crippen LogP contribution in [-0.2, 0) is 16.1 Å². The van der Waals surface area contributed by atoms with Crippen molar-refractivity contribution in [2.45, 2.75) is 25.5 Å². The second kappa shape index (κ2) is 7.97. The molecular weight excluding hydrogens is 306 g/mol. The Morgan fingerprint density at radius 2 is 2.17 bits per heavy atom. The van der Waals surface area contributed by atoms with E-state index in [-0.39, 0.29) is 18.6 Å². The third-order valence-corrected chi connectivity index (χ3v) is 4.30. The molecule has 3 rings (SSSR count). The Hall–Kier alpha value is -2.34. The molecule has 1 atom stereocenters. The maximum Gasteiger partial charge on any atom is 0.248 e. The number of methoxy groups -OCH3 is 1. The van der Waals surface area contributed by atoms with Gasteiger partial charge in [0.1, 0.15) is 12.4 Å². The van der Waals surface area contributed by atoms with Gasteiger partial charge in [0.2, 0.25) is 5.91 Å². The van der Waals surface area contributed by atoms with Crippen LogP contribution in [0.5, 0.6) is 5.75 Å². The van der Waals surface area contributed by atoms with Gasteiger partial charge in [-0.05, 0) is 36.6 Å². The lowest BCUT2D eigenvalue weighted by molar-refractivity contribution is -0.138. The number of amides is 1. The van der Waals surface area contributed by atoms with Crippen LogP contribution in [0.15, 0.2) is 42.7 Å². The van der Waals surface area contributed by atoms with Crippen LogP contribution >= 0.6 is 0 Å². The van der Waals surface area contributed by atoms with E-state index in [9.17, 15) is 4.79 Å². The fourth-order valence-electron chi connectivity index (χ4n) is 2.96. The van der Waals surface area contributed by atoms with Crippen molar-refractivity contribution in [2.75, 3.05) is 26.8 Å². The van der Waals surface area contributed by atoms with Gasteiger partial charge in [-0.3, -0.25) is 9.48 Å². The molecule has 0 bridgehead atoms. The van der Waals surface area contributed by atoms with Crippen molar-refractivity contribution in [1.82, 2.24) is 14.7 Å². The summed E-state index contributed by atoms with van der Waals surface area (Å²) < 4.78 is 12.6. The van der Waals surface area contributed by atoms with Gasteiger partial charge < -0.3 is 14.4 Å². The lowest BCUT2D eigenvalue weighted by atomic mass is 10.1. The molecule has 1 aromatic heterocycles. The number of carbonyl (C=O) groups excluding carboxylic acids is 1. The molecule has 128 valence electrons. The zero-order chi connectivity index (χ0) is 16.8. The van der Waals surface area contributed by atoms with Gasteiger partial charge in [-0.1, -0.05) is 12.1 Å². The van der Waals surface area contributed by atoms with Crippen LogP contribution in [0.3, 0.4) is 0 Å². The van der Waals surface area contributed by atoms with E-state index in [1.54, 1.807) is 13.3 Å². The molecule has 24 heavy (non-hydrogen) atoms. The number of benzene rings is 1. The van der Waals surface area contributed by atoms with Crippen molar-refractivity contribution < 1.29 is 14.3 Å². The monoisotopic (exact) mass is 329 g/mol. The molecule has 1 aliphatic heterocycles. The van der Waals surface area contributed by atoms with Crippen LogP contribution in [0.25, 0.3) is 0 Å². The molecule has 1 amide bonds. The third kappa shape index (κ3) is 4.14. The molecule has 6 heteroatoms. The zero-order valence-corrected chi connectivity index (χ0v) is 13.9. The number of aromatic nitrogens is 2. The Labute approximate surface area is 142 Å². The molecule has 1 aliphatic rings. The quantitative estimate of drug-likeness (QED) is 0.816. The Kier molecular flexibility index (Phi) is 5.48. The molecule has 2 aromatic rings. The lowest BCUT2D eigenvalue weighted by Gasteiger charge is -2.32. The average Bonchev–Trinajstić information content (AvgIpc) is 3.17. The number of likely N-dealkylation sites (tertiary alicyclic amines) is 1. The Morgan fingerprint density at radius 3 is 2.88 bits per heavy atom. The summed E-state index contributed by atoms with van der Waals surface area (Å²) in [7, 11) is 1.64. The van der Waals surface area contributed by atoms with Crippen molar-refractivity contribution in [3.8, 4) is 5.75 Å². The Morgan fingerprint density at radius 1 is 1.33 bits per heavy atom. The van der Waals surface area contributed by atoms with Crippen LogP contribution in [0.4, 0.5) is 0 Å². The molecule has 1 fully saturated rings. The molecule has 0 saturated carbocycles. The number of ether oxygens (including phenoxy) is 2. The fourth-order valence-corrected chi connectivity index (χ4v) is 2.96. The number of rotatable bonds is 6. The zero-order valence-electron chi connectivity index (χ0n) is 13.9. The van der Waals surface area contributed by atoms with Crippen LogP contribution in [-0.4, -0.2) is 47.4 Å². The van der Waals surface area contributed by atoms with Gasteiger partial charge in [-0.2, -0.15) is 5.10 Å². The van der Waals surface area contributed by atoms with Crippen LogP contribution in [0.2, 0.25) is 0 Å². The average molecular weight is 329 g/mol. The summed E-state index contributed by atoms with van der Waals surface area (Å²) >= 11 is 0. The van der Waals surface area contributed by atoms with Crippen molar-refractivity contribution in [1.29, 1.82) is 0 Å². The minimum absolute atomic E-state index is 0.0420. The first-order valence-electron chi connectivity index (χ1n) is 8.24. The van der Waals surface area contributed by atoms with Crippen LogP contribution in [0.1, 0.15) is 24.4 Å². The van der Waals surface area contributed by atoms with E-state index in [4.69, 9.17) is 9.47 Å². The molecule has 2 heterocycles. The lowest BCUT2D eigenvalue weighted by Crippen LogP contribution is -2.42. The topological polar surface area (TPSA) is 56.6 Å². The highest BCUT2D eigenvalue weighted by Gasteiger charge is 2.24. The number of hydrogen-bond acceptors (Lipinski definition) is 4. The number of nitrogens with zero attached hydrogens (tertiary/aromatic N) is 3. The molecule has 6 nitrogen and oxygen atoms in total. The minimum atomic E-state index is 0.0420. The molecular formula is C18H23N3O3. The molecule has 0 spiro atoms. The SMILES string of the molecule is COc1ccc(COCC(=O)N2CCCC(n3cccn3)C2)cc1. The number of carbonyl (C=O) groups is 1. The van der Waals surface area contributed by atoms with Gasteiger partial charge in [0.05, 0.1) is 19.8 Å². The summed E-state index contributed by atoms with van der Waals surface area (Å²) in [5.41, 5.74) is 1.02. The second-order valence-electron chi connectivity index (χ2n) is 5.96. The van der Waals surface area contributed by atoms with Gasteiger partial charge in [0.15, 0.2) is 0 Å². The van der Waals surface area contributed by atoms with Crippen LogP contribution < -0.4 is 4.74 Å². The van der Waals surface area contributed by atoms with E-state index < -0.39 is 0 Å². The first kappa shape index (κ1) is 16.5. The maximum absolute atomic E-state index is 12.4. The maximum atomic E-state index is 12.4. The third-order valence-electron chi connectivity index (χ3n) is 4.30. The second-order valence-corrected chi connectivity index (χ2v) is 5.96. The highest BCUT2D eigenvalue weighted by Crippen LogP contribution is 2.20. The molecule has 1 aromatic carbocycles. The van der Waals surface area contributed by atoms with Gasteiger partial charge >= 0.3 is 0 Å². The Bertz CT molecular complexity index is 640. The predicted molar refractivity (Wildman–Crippen MR) is 89.7 cm³/mol. The summed E-state index contributed by atoms with van der Waals surface area (Å²) in [6.07, 6.45) is 5.78. The summed E-state index contributed by atoms with van der Waals surface area (Å²) in [5, 5.41) is 4.29. The standard InChI is InChI=1S/C18H23N3O3/c1-23-17-7-5-15(6-8-17)13-24-14-18(22)20-10-2-4-16(12-20)21-11-3-9-19-21/h3,5-9,11,16H,2,4,10,12-14H2,1H3. The van der Waals surface area contributed by atoms with Crippen molar-refractivity contribution >= 4 is 5.91 Å². The van der Waals surface area contributed by atoms with Crippen molar-refractivity contribution in [2.24, 2.45) is 0 Å². The Balaban J connectivity index is 1.45. The van der Waals surface area contributed by atoms with Gasteiger partial charge in [-0.25, -0.2) is 0 Å². The van der Waals surface area contributed by atoms with E-state index in [1.807, 2.05) is 46.1 Å². The normalized spacial score (nSPS) is 17.7. The first-order valence-corrected chi connectivity index (χ1v) is 8.24. The molecule has 0 radical (unpaired) electrons. The number of hydrogen-bond donors (Lipinski definition) is 0. The number of piperidine rings is 1. The van der Waals surface area contributed by atoms with Crippen molar-refractivity contribution in [3.05, 3.63) is 48.3 Å². The van der Waals surface area contributed by atoms with E-state index in [0.717, 1.165) is 30.7 Å². The summed E-state index contributed by atoms with van der Waals surface area (Å²) in [6.45, 7) is 2.03. The van der Waals surface area contributed by atoms with Crippen LogP contribution in [0, 0.1) is 0 Å². The molecule has 1 saturated heterocycles. The summed E-state index contributed by atoms with van der Waals surface area (Å²) in [4.78, 5) is 14.2. The fraction of sp³-hybridized carbons (Fsp3) is 0.444. The summed E-state index contributed by atoms with van der Waals surface area (Å²) in [5.74, 6) is 0.855. The molecule has 0 aliphatic carbocycles. The minimum Gasteiger partial charge on any atom is -0.497 e. The van der Waals surface area contributed by atoms with Crippen molar-refractivity contribution in [3.63, 3.8) is 0 Å². The van der Waals surface area contributed by atoms with E-state index in [0.29, 0.717) is 13.2 Å². The van der Waals surface area contributed by atoms with Gasteiger partial charge in [-0.15, -0.1) is 0 Å². The predicted octanol–water partition coefficient (Wildman–Crippen LogP) is 2.27. The smallest absolute Gasteiger partial charge is 0.248 e. The van der Waals surface area contributed by atoms with Gasteiger partial charge in [0.25, 0.3) is 0 Å². The van der Waals surface area contributed by atoms with E-state index >= 15 is 0 Å². The van der Waals surface area contributed by atoms with E-state index in [1.165, 1.54) is 0 Å². The highest BCUT2D eigenvalue weighted by molar-refractivity contribution is 5.77. The molecule has 0 N–H and O–H groups in total. The summed E-state index contributed by atoms with van der Waals surface area (Å²) in [6, 6.07) is 9.84. The van der Waals surface area contributed by atoms with E-state index in [2.05, 4.69) is 5.10 Å². The van der Waals surface area contributed by atoms with Gasteiger partial charge in [0, 0.05) is 25.5 Å². The first-order chi connectivity index (χ1) is 11.8. The highest BCUT2D eigenvalue weighted by atomic mass is 16.5.